The van der Waals surface area contributed by atoms with Crippen LogP contribution in [-0.2, 0) is 20.9 Å². The minimum Gasteiger partial charge on any atom is -0.352 e. The van der Waals surface area contributed by atoms with Crippen LogP contribution in [0.15, 0.2) is 72.9 Å². The molecule has 36 heavy (non-hydrogen) atoms. The van der Waals surface area contributed by atoms with Gasteiger partial charge in [-0.2, -0.15) is 0 Å². The number of aromatic nitrogens is 1. The average molecular weight is 495 g/mol. The van der Waals surface area contributed by atoms with Crippen LogP contribution in [0, 0.1) is 11.6 Å². The monoisotopic (exact) mass is 494 g/mol. The Morgan fingerprint density at radius 1 is 0.889 bits per heavy atom. The summed E-state index contributed by atoms with van der Waals surface area (Å²) in [4.78, 5) is 44.5. The Labute approximate surface area is 208 Å². The second-order valence-electron chi connectivity index (χ2n) is 8.53. The zero-order chi connectivity index (χ0) is 26.1. The summed E-state index contributed by atoms with van der Waals surface area (Å²) in [6.07, 6.45) is 1.20. The molecule has 2 N–H and O–H groups in total. The van der Waals surface area contributed by atoms with Crippen molar-refractivity contribution in [2.24, 2.45) is 0 Å². The predicted molar refractivity (Wildman–Crippen MR) is 131 cm³/mol. The van der Waals surface area contributed by atoms with E-state index in [2.05, 4.69) is 15.6 Å². The summed E-state index contributed by atoms with van der Waals surface area (Å²) < 4.78 is 27.1. The maximum absolute atomic E-state index is 13.6. The Morgan fingerprint density at radius 2 is 1.53 bits per heavy atom. The van der Waals surface area contributed by atoms with Gasteiger partial charge in [0.1, 0.15) is 23.5 Å². The van der Waals surface area contributed by atoms with Crippen molar-refractivity contribution >= 4 is 23.5 Å². The second-order valence-corrected chi connectivity index (χ2v) is 8.53. The van der Waals surface area contributed by atoms with E-state index in [1.807, 2.05) is 0 Å². The molecule has 3 aromatic rings. The lowest BCUT2D eigenvalue weighted by Gasteiger charge is -2.32. The summed E-state index contributed by atoms with van der Waals surface area (Å²) in [5.74, 6) is -1.89. The molecule has 0 aliphatic carbocycles. The fraction of sp³-hybridized carbons (Fsp3) is 0.259. The summed E-state index contributed by atoms with van der Waals surface area (Å²) >= 11 is 0. The molecule has 1 unspecified atom stereocenters. The Morgan fingerprint density at radius 3 is 2.11 bits per heavy atom. The number of pyridine rings is 1. The number of halogens is 2. The first kappa shape index (κ1) is 26.5. The lowest BCUT2D eigenvalue weighted by atomic mass is 10.0. The first-order chi connectivity index (χ1) is 17.2. The van der Waals surface area contributed by atoms with Crippen molar-refractivity contribution in [3.63, 3.8) is 0 Å². The first-order valence-electron chi connectivity index (χ1n) is 11.5. The molecule has 0 radical (unpaired) electrons. The third-order valence-corrected chi connectivity index (χ3v) is 5.26. The minimum absolute atomic E-state index is 0.0193. The number of benzene rings is 2. The smallest absolute Gasteiger partial charge is 0.247 e. The Hall–Kier alpha value is -4.14. The number of nitrogens with zero attached hydrogens (tertiary/aromatic N) is 2. The average Bonchev–Trinajstić information content (AvgIpc) is 2.84. The van der Waals surface area contributed by atoms with E-state index in [9.17, 15) is 23.2 Å². The molecule has 0 saturated carbocycles. The van der Waals surface area contributed by atoms with Crippen LogP contribution in [0.3, 0.4) is 0 Å². The van der Waals surface area contributed by atoms with Gasteiger partial charge in [0, 0.05) is 31.6 Å². The highest BCUT2D eigenvalue weighted by molar-refractivity contribution is 5.94. The van der Waals surface area contributed by atoms with Crippen molar-refractivity contribution in [2.45, 2.75) is 45.3 Å². The lowest BCUT2D eigenvalue weighted by Crippen LogP contribution is -2.45. The van der Waals surface area contributed by atoms with E-state index in [0.29, 0.717) is 16.9 Å². The third kappa shape index (κ3) is 7.69. The summed E-state index contributed by atoms with van der Waals surface area (Å²) in [6, 6.07) is 14.6. The van der Waals surface area contributed by atoms with E-state index < -0.39 is 35.4 Å². The number of hydrogen-bond donors (Lipinski definition) is 2. The van der Waals surface area contributed by atoms with Crippen molar-refractivity contribution in [1.82, 2.24) is 15.2 Å². The van der Waals surface area contributed by atoms with Gasteiger partial charge in [-0.1, -0.05) is 30.3 Å². The molecule has 2 aromatic carbocycles. The number of carbonyl (C=O) groups excluding carboxylic acids is 3. The minimum atomic E-state index is -1.09. The topological polar surface area (TPSA) is 91.4 Å². The van der Waals surface area contributed by atoms with Crippen LogP contribution < -0.4 is 10.6 Å². The predicted octanol–water partition coefficient (Wildman–Crippen LogP) is 4.37. The van der Waals surface area contributed by atoms with Gasteiger partial charge in [-0.3, -0.25) is 14.4 Å². The molecule has 3 rings (SSSR count). The maximum Gasteiger partial charge on any atom is 0.247 e. The van der Waals surface area contributed by atoms with Crippen LogP contribution in [0.25, 0.3) is 0 Å². The summed E-state index contributed by atoms with van der Waals surface area (Å²) in [5, 5.41) is 5.43. The Kier molecular flexibility index (Phi) is 9.21. The molecule has 7 nitrogen and oxygen atoms in total. The van der Waals surface area contributed by atoms with Crippen molar-refractivity contribution in [3.8, 4) is 0 Å². The van der Waals surface area contributed by atoms with Crippen molar-refractivity contribution in [3.05, 3.63) is 95.7 Å². The maximum atomic E-state index is 13.6. The zero-order valence-corrected chi connectivity index (χ0v) is 20.1. The van der Waals surface area contributed by atoms with Crippen molar-refractivity contribution in [2.75, 3.05) is 5.32 Å². The van der Waals surface area contributed by atoms with Gasteiger partial charge in [0.05, 0.1) is 0 Å². The molecular formula is C27H28F2N4O3. The van der Waals surface area contributed by atoms with E-state index in [1.165, 1.54) is 59.6 Å². The summed E-state index contributed by atoms with van der Waals surface area (Å²) in [7, 11) is 0. The molecule has 0 saturated heterocycles. The van der Waals surface area contributed by atoms with Gasteiger partial charge in [-0.05, 0) is 61.4 Å². The second kappa shape index (κ2) is 12.5. The number of amides is 3. The lowest BCUT2D eigenvalue weighted by molar-refractivity contribution is -0.142. The molecule has 0 fully saturated rings. The highest BCUT2D eigenvalue weighted by atomic mass is 19.1. The zero-order valence-electron chi connectivity index (χ0n) is 20.1. The summed E-state index contributed by atoms with van der Waals surface area (Å²) in [6.45, 7) is 3.55. The van der Waals surface area contributed by atoms with Gasteiger partial charge < -0.3 is 15.5 Å². The van der Waals surface area contributed by atoms with Crippen LogP contribution in [0.1, 0.15) is 43.9 Å². The van der Waals surface area contributed by atoms with E-state index >= 15 is 0 Å². The number of anilines is 1. The number of carbonyl (C=O) groups is 3. The highest BCUT2D eigenvalue weighted by Gasteiger charge is 2.32. The molecule has 1 heterocycles. The van der Waals surface area contributed by atoms with E-state index in [0.717, 1.165) is 0 Å². The first-order valence-corrected chi connectivity index (χ1v) is 11.5. The largest absolute Gasteiger partial charge is 0.352 e. The number of nitrogens with one attached hydrogen (secondary N) is 2. The molecule has 0 bridgehead atoms. The van der Waals surface area contributed by atoms with Crippen LogP contribution >= 0.6 is 0 Å². The van der Waals surface area contributed by atoms with Gasteiger partial charge in [0.25, 0.3) is 0 Å². The number of hydrogen-bond acceptors (Lipinski definition) is 4. The normalized spacial score (nSPS) is 11.6. The van der Waals surface area contributed by atoms with Gasteiger partial charge in [0.2, 0.25) is 17.7 Å². The quantitative estimate of drug-likeness (QED) is 0.438. The molecule has 188 valence electrons. The van der Waals surface area contributed by atoms with E-state index in [4.69, 9.17) is 0 Å². The van der Waals surface area contributed by atoms with Gasteiger partial charge in [-0.15, -0.1) is 0 Å². The third-order valence-electron chi connectivity index (χ3n) is 5.26. The molecule has 1 atom stereocenters. The fourth-order valence-corrected chi connectivity index (χ4v) is 3.60. The van der Waals surface area contributed by atoms with Crippen molar-refractivity contribution < 1.29 is 23.2 Å². The Balaban J connectivity index is 1.88. The van der Waals surface area contributed by atoms with Gasteiger partial charge in [0.15, 0.2) is 0 Å². The van der Waals surface area contributed by atoms with Gasteiger partial charge in [-0.25, -0.2) is 13.8 Å². The van der Waals surface area contributed by atoms with Crippen LogP contribution in [0.5, 0.6) is 0 Å². The van der Waals surface area contributed by atoms with Gasteiger partial charge >= 0.3 is 0 Å². The fourth-order valence-electron chi connectivity index (χ4n) is 3.60. The van der Waals surface area contributed by atoms with E-state index in [1.54, 1.807) is 32.0 Å². The molecule has 1 aromatic heterocycles. The molecule has 0 aliphatic heterocycles. The van der Waals surface area contributed by atoms with E-state index in [-0.39, 0.29) is 25.4 Å². The van der Waals surface area contributed by atoms with Crippen LogP contribution in [-0.4, -0.2) is 33.6 Å². The SMILES string of the molecule is CC(C)NC(=O)C(c1ccc(F)cc1)N(Cc1ccc(F)cc1)C(=O)CCC(=O)Nc1ccccn1. The van der Waals surface area contributed by atoms with Crippen molar-refractivity contribution in [1.29, 1.82) is 0 Å². The molecule has 0 aliphatic rings. The Bertz CT molecular complexity index is 1170. The number of rotatable bonds is 10. The standard InChI is InChI=1S/C27H28F2N4O3/c1-18(2)31-27(36)26(20-8-12-22(29)13-9-20)33(17-19-6-10-21(28)11-7-19)25(35)15-14-24(34)32-23-5-3-4-16-30-23/h3-13,16,18,26H,14-15,17H2,1-2H3,(H,31,36)(H,30,32,34). The highest BCUT2D eigenvalue weighted by Crippen LogP contribution is 2.26. The summed E-state index contributed by atoms with van der Waals surface area (Å²) in [5.41, 5.74) is 0.995. The molecule has 9 heteroatoms. The molecular weight excluding hydrogens is 466 g/mol. The van der Waals surface area contributed by atoms with Crippen LogP contribution in [0.2, 0.25) is 0 Å². The van der Waals surface area contributed by atoms with Crippen LogP contribution in [0.4, 0.5) is 14.6 Å². The molecule has 0 spiro atoms. The molecule has 3 amide bonds.